The van der Waals surface area contributed by atoms with Crippen molar-refractivity contribution in [3.05, 3.63) is 109 Å². The van der Waals surface area contributed by atoms with E-state index in [0.29, 0.717) is 30.3 Å². The number of rotatable bonds is 8. The topological polar surface area (TPSA) is 85.4 Å². The molecule has 0 aliphatic heterocycles. The summed E-state index contributed by atoms with van der Waals surface area (Å²) >= 11 is 0. The van der Waals surface area contributed by atoms with Crippen LogP contribution in [0.1, 0.15) is 11.3 Å². The predicted octanol–water partition coefficient (Wildman–Crippen LogP) is 5.17. The zero-order chi connectivity index (χ0) is 22.0. The molecule has 0 saturated carbocycles. The second-order valence-corrected chi connectivity index (χ2v) is 6.87. The van der Waals surface area contributed by atoms with Gasteiger partial charge in [-0.15, -0.1) is 0 Å². The molecular weight excluding hydrogens is 404 g/mol. The lowest BCUT2D eigenvalue weighted by atomic mass is 10.2. The normalized spacial score (nSPS) is 10.2. The summed E-state index contributed by atoms with van der Waals surface area (Å²) in [6, 6.07) is 23.7. The fourth-order valence-corrected chi connectivity index (χ4v) is 2.88. The number of carbonyl (C=O) groups is 1. The summed E-state index contributed by atoms with van der Waals surface area (Å²) in [5.41, 5.74) is 2.46. The summed E-state index contributed by atoms with van der Waals surface area (Å²) in [4.78, 5) is 20.5. The number of pyridine rings is 2. The smallest absolute Gasteiger partial charge is 0.319 e. The molecule has 0 bridgehead atoms. The molecule has 0 radical (unpaired) electrons. The highest BCUT2D eigenvalue weighted by atomic mass is 16.5. The maximum absolute atomic E-state index is 12.3. The molecule has 2 aromatic heterocycles. The molecule has 0 spiro atoms. The molecule has 0 fully saturated rings. The van der Waals surface area contributed by atoms with Gasteiger partial charge in [0.05, 0.1) is 5.69 Å². The average molecular weight is 426 g/mol. The van der Waals surface area contributed by atoms with Gasteiger partial charge in [-0.1, -0.05) is 24.3 Å². The minimum absolute atomic E-state index is 0.304. The van der Waals surface area contributed by atoms with Crippen LogP contribution in [0.15, 0.2) is 97.5 Å². The van der Waals surface area contributed by atoms with Gasteiger partial charge in [0.15, 0.2) is 0 Å². The Morgan fingerprint density at radius 2 is 1.66 bits per heavy atom. The van der Waals surface area contributed by atoms with Crippen LogP contribution in [0.2, 0.25) is 0 Å². The number of carbonyl (C=O) groups excluding carboxylic acids is 1. The first-order valence-corrected chi connectivity index (χ1v) is 10.1. The minimum Gasteiger partial charge on any atom is -0.487 e. The van der Waals surface area contributed by atoms with Crippen molar-refractivity contribution in [3.63, 3.8) is 0 Å². The van der Waals surface area contributed by atoms with E-state index in [1.807, 2.05) is 54.6 Å². The van der Waals surface area contributed by atoms with Crippen LogP contribution < -0.4 is 20.1 Å². The highest BCUT2D eigenvalue weighted by Gasteiger charge is 2.05. The van der Waals surface area contributed by atoms with Gasteiger partial charge in [0.25, 0.3) is 0 Å². The number of ether oxygens (including phenoxy) is 2. The number of hydrogen-bond acceptors (Lipinski definition) is 5. The molecule has 0 unspecified atom stereocenters. The minimum atomic E-state index is -0.304. The Balaban J connectivity index is 1.24. The molecule has 4 aromatic rings. The van der Waals surface area contributed by atoms with Crippen molar-refractivity contribution >= 4 is 11.7 Å². The summed E-state index contributed by atoms with van der Waals surface area (Å²) in [6.07, 6.45) is 5.05. The van der Waals surface area contributed by atoms with Gasteiger partial charge in [-0.3, -0.25) is 9.97 Å². The Morgan fingerprint density at radius 3 is 2.44 bits per heavy atom. The quantitative estimate of drug-likeness (QED) is 0.406. The Bertz CT molecular complexity index is 1140. The molecule has 0 aliphatic rings. The van der Waals surface area contributed by atoms with Crippen LogP contribution in [0.5, 0.6) is 17.2 Å². The fraction of sp³-hybridized carbons (Fsp3) is 0.0800. The lowest BCUT2D eigenvalue weighted by Crippen LogP contribution is -2.28. The number of urea groups is 1. The first kappa shape index (κ1) is 20.9. The van der Waals surface area contributed by atoms with Gasteiger partial charge in [0.1, 0.15) is 23.9 Å². The molecule has 160 valence electrons. The molecule has 2 amide bonds. The van der Waals surface area contributed by atoms with Crippen molar-refractivity contribution in [2.45, 2.75) is 13.2 Å². The van der Waals surface area contributed by atoms with Crippen LogP contribution >= 0.6 is 0 Å². The maximum atomic E-state index is 12.3. The van der Waals surface area contributed by atoms with Crippen LogP contribution in [0.4, 0.5) is 10.5 Å². The van der Waals surface area contributed by atoms with E-state index >= 15 is 0 Å². The zero-order valence-electron chi connectivity index (χ0n) is 17.3. The van der Waals surface area contributed by atoms with Crippen molar-refractivity contribution in [2.24, 2.45) is 0 Å². The second-order valence-electron chi connectivity index (χ2n) is 6.87. The summed E-state index contributed by atoms with van der Waals surface area (Å²) < 4.78 is 11.5. The molecule has 0 aliphatic carbocycles. The van der Waals surface area contributed by atoms with E-state index in [-0.39, 0.29) is 6.03 Å². The van der Waals surface area contributed by atoms with Crippen LogP contribution in [-0.2, 0) is 13.2 Å². The SMILES string of the molecule is O=C(NCc1ccc(OCc2ccccn2)cc1)Nc1cccc(Oc2ccncc2)c1. The van der Waals surface area contributed by atoms with Gasteiger partial charge in [-0.25, -0.2) is 4.79 Å². The lowest BCUT2D eigenvalue weighted by molar-refractivity contribution is 0.251. The standard InChI is InChI=1S/C25H22N4O3/c30-25(29-20-5-3-6-24(16-20)32-23-11-14-26-15-12-23)28-17-19-7-9-22(10-8-19)31-18-21-4-1-2-13-27-21/h1-16H,17-18H2,(H2,28,29,30). The third-order valence-corrected chi connectivity index (χ3v) is 4.47. The van der Waals surface area contributed by atoms with Gasteiger partial charge in [-0.05, 0) is 54.1 Å². The number of anilines is 1. The summed E-state index contributed by atoms with van der Waals surface area (Å²) in [5.74, 6) is 2.04. The van der Waals surface area contributed by atoms with Crippen molar-refractivity contribution in [3.8, 4) is 17.2 Å². The molecule has 0 saturated heterocycles. The number of nitrogens with one attached hydrogen (secondary N) is 2. The number of aromatic nitrogens is 2. The predicted molar refractivity (Wildman–Crippen MR) is 122 cm³/mol. The number of nitrogens with zero attached hydrogens (tertiary/aromatic N) is 2. The lowest BCUT2D eigenvalue weighted by Gasteiger charge is -2.10. The Labute approximate surface area is 186 Å². The van der Waals surface area contributed by atoms with Crippen molar-refractivity contribution in [1.82, 2.24) is 15.3 Å². The van der Waals surface area contributed by atoms with E-state index in [9.17, 15) is 4.79 Å². The van der Waals surface area contributed by atoms with Gasteiger partial charge >= 0.3 is 6.03 Å². The number of benzene rings is 2. The maximum Gasteiger partial charge on any atom is 0.319 e. The molecule has 32 heavy (non-hydrogen) atoms. The zero-order valence-corrected chi connectivity index (χ0v) is 17.3. The van der Waals surface area contributed by atoms with Gasteiger partial charge in [0, 0.05) is 36.9 Å². The van der Waals surface area contributed by atoms with E-state index < -0.39 is 0 Å². The molecule has 7 heteroatoms. The summed E-state index contributed by atoms with van der Waals surface area (Å²) in [7, 11) is 0. The third-order valence-electron chi connectivity index (χ3n) is 4.47. The highest BCUT2D eigenvalue weighted by molar-refractivity contribution is 5.89. The van der Waals surface area contributed by atoms with E-state index in [1.54, 1.807) is 42.9 Å². The molecular formula is C25H22N4O3. The second kappa shape index (κ2) is 10.6. The van der Waals surface area contributed by atoms with Crippen molar-refractivity contribution in [1.29, 1.82) is 0 Å². The molecule has 2 N–H and O–H groups in total. The Morgan fingerprint density at radius 1 is 0.812 bits per heavy atom. The largest absolute Gasteiger partial charge is 0.487 e. The van der Waals surface area contributed by atoms with Crippen LogP contribution in [0, 0.1) is 0 Å². The van der Waals surface area contributed by atoms with E-state index in [0.717, 1.165) is 17.0 Å². The van der Waals surface area contributed by atoms with E-state index in [2.05, 4.69) is 20.6 Å². The fourth-order valence-electron chi connectivity index (χ4n) is 2.88. The number of amides is 2. The summed E-state index contributed by atoms with van der Waals surface area (Å²) in [6.45, 7) is 0.796. The Hall–Kier alpha value is -4.39. The third kappa shape index (κ3) is 6.30. The molecule has 4 rings (SSSR count). The van der Waals surface area contributed by atoms with Crippen LogP contribution in [0.25, 0.3) is 0 Å². The Kier molecular flexibility index (Phi) is 6.90. The highest BCUT2D eigenvalue weighted by Crippen LogP contribution is 2.23. The van der Waals surface area contributed by atoms with E-state index in [4.69, 9.17) is 9.47 Å². The van der Waals surface area contributed by atoms with Crippen LogP contribution in [0.3, 0.4) is 0 Å². The van der Waals surface area contributed by atoms with Crippen LogP contribution in [-0.4, -0.2) is 16.0 Å². The monoisotopic (exact) mass is 426 g/mol. The van der Waals surface area contributed by atoms with Crippen molar-refractivity contribution < 1.29 is 14.3 Å². The average Bonchev–Trinajstić information content (AvgIpc) is 2.84. The molecule has 2 heterocycles. The molecule has 2 aromatic carbocycles. The molecule has 7 nitrogen and oxygen atoms in total. The van der Waals surface area contributed by atoms with Crippen molar-refractivity contribution in [2.75, 3.05) is 5.32 Å². The first-order chi connectivity index (χ1) is 15.7. The van der Waals surface area contributed by atoms with E-state index in [1.165, 1.54) is 0 Å². The van der Waals surface area contributed by atoms with Gasteiger partial charge < -0.3 is 20.1 Å². The van der Waals surface area contributed by atoms with Gasteiger partial charge in [-0.2, -0.15) is 0 Å². The number of hydrogen-bond donors (Lipinski definition) is 2. The summed E-state index contributed by atoms with van der Waals surface area (Å²) in [5, 5.41) is 5.66. The first-order valence-electron chi connectivity index (χ1n) is 10.1. The van der Waals surface area contributed by atoms with Gasteiger partial charge in [0.2, 0.25) is 0 Å². The molecule has 0 atom stereocenters.